The summed E-state index contributed by atoms with van der Waals surface area (Å²) in [4.78, 5) is 25.3. The second kappa shape index (κ2) is 4.87. The standard InChI is InChI=1S/C12H13BrN2O2/c1-8-6-11(16)14-9-4-2-3-5-10(9)15(8)12(17)7-13/h2-5,8H,6-7H2,1H3,(H,14,16)/t8-/m1/s1. The van der Waals surface area contributed by atoms with Crippen molar-refractivity contribution in [3.05, 3.63) is 24.3 Å². The van der Waals surface area contributed by atoms with Crippen LogP contribution in [0.4, 0.5) is 11.4 Å². The minimum absolute atomic E-state index is 0.0403. The first-order valence-electron chi connectivity index (χ1n) is 5.40. The summed E-state index contributed by atoms with van der Waals surface area (Å²) in [5.41, 5.74) is 1.45. The van der Waals surface area contributed by atoms with Crippen LogP contribution in [0.25, 0.3) is 0 Å². The summed E-state index contributed by atoms with van der Waals surface area (Å²) in [6.07, 6.45) is 0.313. The predicted octanol–water partition coefficient (Wildman–Crippen LogP) is 2.15. The summed E-state index contributed by atoms with van der Waals surface area (Å²) >= 11 is 3.17. The SMILES string of the molecule is C[C@@H]1CC(=O)Nc2ccccc2N1C(=O)CBr. The molecule has 0 spiro atoms. The zero-order valence-corrected chi connectivity index (χ0v) is 11.0. The number of amides is 2. The van der Waals surface area contributed by atoms with Crippen molar-refractivity contribution in [3.63, 3.8) is 0 Å². The Morgan fingerprint density at radius 3 is 2.94 bits per heavy atom. The van der Waals surface area contributed by atoms with Gasteiger partial charge in [-0.15, -0.1) is 0 Å². The van der Waals surface area contributed by atoms with Gasteiger partial charge in [0.15, 0.2) is 0 Å². The van der Waals surface area contributed by atoms with Crippen LogP contribution < -0.4 is 10.2 Å². The summed E-state index contributed by atoms with van der Waals surface area (Å²) in [6.45, 7) is 1.88. The molecule has 0 aliphatic carbocycles. The van der Waals surface area contributed by atoms with E-state index in [9.17, 15) is 9.59 Å². The van der Waals surface area contributed by atoms with Crippen LogP contribution in [0.5, 0.6) is 0 Å². The van der Waals surface area contributed by atoms with Crippen LogP contribution in [0.1, 0.15) is 13.3 Å². The minimum Gasteiger partial charge on any atom is -0.324 e. The number of alkyl halides is 1. The van der Waals surface area contributed by atoms with Crippen molar-refractivity contribution in [2.45, 2.75) is 19.4 Å². The van der Waals surface area contributed by atoms with Gasteiger partial charge < -0.3 is 10.2 Å². The lowest BCUT2D eigenvalue weighted by atomic mass is 10.2. The zero-order valence-electron chi connectivity index (χ0n) is 9.44. The Hall–Kier alpha value is -1.36. The fraction of sp³-hybridized carbons (Fsp3) is 0.333. The van der Waals surface area contributed by atoms with Crippen LogP contribution in [-0.2, 0) is 9.59 Å². The number of carbonyl (C=O) groups is 2. The number of benzene rings is 1. The van der Waals surface area contributed by atoms with Gasteiger partial charge in [-0.3, -0.25) is 9.59 Å². The number of nitrogens with zero attached hydrogens (tertiary/aromatic N) is 1. The number of carbonyl (C=O) groups excluding carboxylic acids is 2. The first-order chi connectivity index (χ1) is 8.13. The van der Waals surface area contributed by atoms with Crippen molar-refractivity contribution >= 4 is 39.1 Å². The molecule has 4 nitrogen and oxygen atoms in total. The molecule has 0 bridgehead atoms. The number of hydrogen-bond acceptors (Lipinski definition) is 2. The molecule has 0 aromatic heterocycles. The molecule has 0 fully saturated rings. The monoisotopic (exact) mass is 296 g/mol. The lowest BCUT2D eigenvalue weighted by Crippen LogP contribution is -2.39. The molecule has 0 saturated heterocycles. The molecule has 90 valence electrons. The van der Waals surface area contributed by atoms with Gasteiger partial charge in [0, 0.05) is 12.5 Å². The van der Waals surface area contributed by atoms with Gasteiger partial charge in [-0.25, -0.2) is 0 Å². The lowest BCUT2D eigenvalue weighted by molar-refractivity contribution is -0.117. The van der Waals surface area contributed by atoms with Crippen LogP contribution >= 0.6 is 15.9 Å². The first-order valence-corrected chi connectivity index (χ1v) is 6.52. The summed E-state index contributed by atoms with van der Waals surface area (Å²) in [6, 6.07) is 7.21. The van der Waals surface area contributed by atoms with E-state index in [0.717, 1.165) is 5.69 Å². The Bertz CT molecular complexity index is 462. The van der Waals surface area contributed by atoms with Crippen LogP contribution in [0, 0.1) is 0 Å². The average Bonchev–Trinajstić information content (AvgIpc) is 2.42. The highest BCUT2D eigenvalue weighted by atomic mass is 79.9. The molecule has 0 saturated carbocycles. The molecule has 17 heavy (non-hydrogen) atoms. The minimum atomic E-state index is -0.135. The molecule has 0 unspecified atom stereocenters. The maximum Gasteiger partial charge on any atom is 0.237 e. The van der Waals surface area contributed by atoms with E-state index >= 15 is 0 Å². The van der Waals surface area contributed by atoms with E-state index < -0.39 is 0 Å². The van der Waals surface area contributed by atoms with Gasteiger partial charge >= 0.3 is 0 Å². The number of anilines is 2. The first kappa shape index (κ1) is 12.1. The molecular formula is C12H13BrN2O2. The number of rotatable bonds is 1. The van der Waals surface area contributed by atoms with Gasteiger partial charge in [-0.1, -0.05) is 28.1 Å². The zero-order chi connectivity index (χ0) is 12.4. The molecule has 5 heteroatoms. The molecular weight excluding hydrogens is 284 g/mol. The van der Waals surface area contributed by atoms with E-state index in [1.54, 1.807) is 11.0 Å². The third kappa shape index (κ3) is 2.34. The normalized spacial score (nSPS) is 19.3. The second-order valence-electron chi connectivity index (χ2n) is 4.02. The summed E-state index contributed by atoms with van der Waals surface area (Å²) in [5, 5.41) is 3.06. The number of nitrogens with one attached hydrogen (secondary N) is 1. The van der Waals surface area contributed by atoms with Gasteiger partial charge in [0.2, 0.25) is 11.8 Å². The van der Waals surface area contributed by atoms with Crippen molar-refractivity contribution in [1.82, 2.24) is 0 Å². The molecule has 1 atom stereocenters. The van der Waals surface area contributed by atoms with E-state index in [2.05, 4.69) is 21.2 Å². The largest absolute Gasteiger partial charge is 0.324 e. The number of fused-ring (bicyclic) bond motifs is 1. The Labute approximate surface area is 108 Å². The van der Waals surface area contributed by atoms with Gasteiger partial charge in [0.1, 0.15) is 0 Å². The Balaban J connectivity index is 2.49. The summed E-state index contributed by atoms with van der Waals surface area (Å²) < 4.78 is 0. The van der Waals surface area contributed by atoms with Crippen LogP contribution in [-0.4, -0.2) is 23.2 Å². The highest BCUT2D eigenvalue weighted by Gasteiger charge is 2.28. The van der Waals surface area contributed by atoms with Gasteiger partial charge in [-0.2, -0.15) is 0 Å². The molecule has 2 rings (SSSR count). The lowest BCUT2D eigenvalue weighted by Gasteiger charge is -2.27. The predicted molar refractivity (Wildman–Crippen MR) is 70.4 cm³/mol. The van der Waals surface area contributed by atoms with E-state index in [-0.39, 0.29) is 23.2 Å². The van der Waals surface area contributed by atoms with Crippen molar-refractivity contribution in [3.8, 4) is 0 Å². The molecule has 1 aliphatic rings. The summed E-state index contributed by atoms with van der Waals surface area (Å²) in [7, 11) is 0. The van der Waals surface area contributed by atoms with Gasteiger partial charge in [-0.05, 0) is 19.1 Å². The number of para-hydroxylation sites is 2. The topological polar surface area (TPSA) is 49.4 Å². The van der Waals surface area contributed by atoms with E-state index in [1.165, 1.54) is 0 Å². The van der Waals surface area contributed by atoms with Gasteiger partial charge in [0.05, 0.1) is 16.7 Å². The summed E-state index contributed by atoms with van der Waals surface area (Å²) in [5.74, 6) is -0.101. The fourth-order valence-electron chi connectivity index (χ4n) is 2.03. The third-order valence-corrected chi connectivity index (χ3v) is 3.22. The maximum atomic E-state index is 11.9. The molecule has 1 aromatic carbocycles. The van der Waals surface area contributed by atoms with Crippen molar-refractivity contribution in [1.29, 1.82) is 0 Å². The van der Waals surface area contributed by atoms with Crippen molar-refractivity contribution < 1.29 is 9.59 Å². The smallest absolute Gasteiger partial charge is 0.237 e. The van der Waals surface area contributed by atoms with Gasteiger partial charge in [0.25, 0.3) is 0 Å². The highest BCUT2D eigenvalue weighted by molar-refractivity contribution is 9.09. The van der Waals surface area contributed by atoms with Crippen LogP contribution in [0.3, 0.4) is 0 Å². The van der Waals surface area contributed by atoms with Crippen molar-refractivity contribution in [2.24, 2.45) is 0 Å². The fourth-order valence-corrected chi connectivity index (χ4v) is 2.30. The molecule has 1 N–H and O–H groups in total. The number of hydrogen-bond donors (Lipinski definition) is 1. The van der Waals surface area contributed by atoms with E-state index in [4.69, 9.17) is 0 Å². The second-order valence-corrected chi connectivity index (χ2v) is 4.58. The van der Waals surface area contributed by atoms with E-state index in [1.807, 2.05) is 25.1 Å². The molecule has 1 aliphatic heterocycles. The van der Waals surface area contributed by atoms with Crippen LogP contribution in [0.15, 0.2) is 24.3 Å². The molecule has 0 radical (unpaired) electrons. The Morgan fingerprint density at radius 2 is 2.24 bits per heavy atom. The van der Waals surface area contributed by atoms with Crippen molar-refractivity contribution in [2.75, 3.05) is 15.5 Å². The van der Waals surface area contributed by atoms with Crippen LogP contribution in [0.2, 0.25) is 0 Å². The Morgan fingerprint density at radius 1 is 1.53 bits per heavy atom. The quantitative estimate of drug-likeness (QED) is 0.807. The molecule has 1 aromatic rings. The maximum absolute atomic E-state index is 11.9. The third-order valence-electron chi connectivity index (χ3n) is 2.74. The van der Waals surface area contributed by atoms with E-state index in [0.29, 0.717) is 12.1 Å². The molecule has 2 amide bonds. The highest BCUT2D eigenvalue weighted by Crippen LogP contribution is 2.31. The molecule has 1 heterocycles. The Kier molecular flexibility index (Phi) is 3.47. The average molecular weight is 297 g/mol. The number of halogens is 1.